The van der Waals surface area contributed by atoms with Crippen LogP contribution in [0.15, 0.2) is 30.6 Å². The molecule has 4 nitrogen and oxygen atoms in total. The first-order valence-electron chi connectivity index (χ1n) is 5.74. The molecule has 0 bridgehead atoms. The van der Waals surface area contributed by atoms with E-state index in [-0.39, 0.29) is 17.6 Å². The van der Waals surface area contributed by atoms with E-state index in [4.69, 9.17) is 4.74 Å². The number of hydrogen-bond donors (Lipinski definition) is 1. The average molecular weight is 249 g/mol. The summed E-state index contributed by atoms with van der Waals surface area (Å²) in [5.74, 6) is 0.387. The maximum absolute atomic E-state index is 13.9. The Morgan fingerprint density at radius 2 is 2.22 bits per heavy atom. The molecule has 1 N–H and O–H groups in total. The summed E-state index contributed by atoms with van der Waals surface area (Å²) in [5.41, 5.74) is 0.779. The van der Waals surface area contributed by atoms with Crippen molar-refractivity contribution in [1.82, 2.24) is 15.1 Å². The number of aryl methyl sites for hydroxylation is 1. The smallest absolute Gasteiger partial charge is 0.167 e. The lowest BCUT2D eigenvalue weighted by Gasteiger charge is -2.16. The minimum absolute atomic E-state index is 0.00683. The van der Waals surface area contributed by atoms with Gasteiger partial charge in [-0.2, -0.15) is 5.10 Å². The summed E-state index contributed by atoms with van der Waals surface area (Å²) in [7, 11) is 3.61. The van der Waals surface area contributed by atoms with Crippen molar-refractivity contribution in [2.24, 2.45) is 7.05 Å². The number of aromatic nitrogens is 2. The number of para-hydroxylation sites is 1. The van der Waals surface area contributed by atoms with Gasteiger partial charge in [0.2, 0.25) is 0 Å². The molecule has 0 saturated carbocycles. The van der Waals surface area contributed by atoms with Crippen LogP contribution in [0.25, 0.3) is 0 Å². The van der Waals surface area contributed by atoms with Crippen LogP contribution in [0.5, 0.6) is 11.5 Å². The van der Waals surface area contributed by atoms with Gasteiger partial charge in [-0.1, -0.05) is 12.1 Å². The number of halogens is 1. The van der Waals surface area contributed by atoms with Crippen molar-refractivity contribution in [2.45, 2.75) is 13.0 Å². The summed E-state index contributed by atoms with van der Waals surface area (Å²) in [6, 6.07) is 4.91. The Morgan fingerprint density at radius 1 is 1.44 bits per heavy atom. The van der Waals surface area contributed by atoms with E-state index in [2.05, 4.69) is 10.4 Å². The molecule has 18 heavy (non-hydrogen) atoms. The Bertz CT molecular complexity index is 539. The monoisotopic (exact) mass is 249 g/mol. The van der Waals surface area contributed by atoms with Crippen LogP contribution < -0.4 is 10.1 Å². The first-order chi connectivity index (χ1) is 8.61. The lowest BCUT2D eigenvalue weighted by molar-refractivity contribution is 0.428. The van der Waals surface area contributed by atoms with Gasteiger partial charge in [-0.15, -0.1) is 0 Å². The van der Waals surface area contributed by atoms with Crippen molar-refractivity contribution < 1.29 is 9.13 Å². The normalized spacial score (nSPS) is 12.4. The van der Waals surface area contributed by atoms with E-state index in [1.807, 2.05) is 20.0 Å². The molecular formula is C13H16FN3O. The first-order valence-corrected chi connectivity index (χ1v) is 5.74. The average Bonchev–Trinajstić information content (AvgIpc) is 2.76. The van der Waals surface area contributed by atoms with Crippen LogP contribution in [0.1, 0.15) is 18.5 Å². The molecule has 1 aromatic carbocycles. The van der Waals surface area contributed by atoms with E-state index in [1.54, 1.807) is 30.2 Å². The Balaban J connectivity index is 2.36. The number of nitrogens with zero attached hydrogens (tertiary/aromatic N) is 2. The maximum Gasteiger partial charge on any atom is 0.167 e. The molecule has 0 aliphatic rings. The van der Waals surface area contributed by atoms with E-state index >= 15 is 0 Å². The Hall–Kier alpha value is -1.88. The highest BCUT2D eigenvalue weighted by atomic mass is 19.1. The Morgan fingerprint density at radius 3 is 2.83 bits per heavy atom. The fourth-order valence-corrected chi connectivity index (χ4v) is 1.70. The van der Waals surface area contributed by atoms with Crippen LogP contribution in [0.4, 0.5) is 4.39 Å². The second-order valence-corrected chi connectivity index (χ2v) is 4.12. The van der Waals surface area contributed by atoms with Gasteiger partial charge in [0, 0.05) is 18.7 Å². The highest BCUT2D eigenvalue weighted by Gasteiger charge is 2.15. The lowest BCUT2D eigenvalue weighted by Crippen LogP contribution is -2.13. The quantitative estimate of drug-likeness (QED) is 0.905. The number of rotatable bonds is 4. The van der Waals surface area contributed by atoms with Gasteiger partial charge in [-0.3, -0.25) is 4.68 Å². The van der Waals surface area contributed by atoms with E-state index < -0.39 is 0 Å². The van der Waals surface area contributed by atoms with Gasteiger partial charge in [-0.25, -0.2) is 4.39 Å². The summed E-state index contributed by atoms with van der Waals surface area (Å²) in [5, 5.41) is 7.06. The molecule has 5 heteroatoms. The van der Waals surface area contributed by atoms with Crippen LogP contribution in [0.3, 0.4) is 0 Å². The zero-order valence-corrected chi connectivity index (χ0v) is 10.6. The van der Waals surface area contributed by atoms with Crippen LogP contribution >= 0.6 is 0 Å². The summed E-state index contributed by atoms with van der Waals surface area (Å²) in [4.78, 5) is 0. The summed E-state index contributed by atoms with van der Waals surface area (Å²) in [6.07, 6.45) is 3.25. The number of nitrogens with one attached hydrogen (secondary N) is 1. The van der Waals surface area contributed by atoms with E-state index in [0.717, 1.165) is 5.56 Å². The molecule has 96 valence electrons. The molecule has 2 aromatic rings. The third-order valence-corrected chi connectivity index (χ3v) is 2.80. The predicted molar refractivity (Wildman–Crippen MR) is 67.2 cm³/mol. The van der Waals surface area contributed by atoms with E-state index in [9.17, 15) is 4.39 Å². The van der Waals surface area contributed by atoms with E-state index in [1.165, 1.54) is 6.07 Å². The van der Waals surface area contributed by atoms with Gasteiger partial charge in [0.05, 0.1) is 12.4 Å². The van der Waals surface area contributed by atoms with Crippen LogP contribution in [0.2, 0.25) is 0 Å². The van der Waals surface area contributed by atoms with Crippen LogP contribution in [-0.2, 0) is 7.05 Å². The van der Waals surface area contributed by atoms with Crippen molar-refractivity contribution in [2.75, 3.05) is 7.05 Å². The van der Waals surface area contributed by atoms with Crippen molar-refractivity contribution >= 4 is 0 Å². The summed E-state index contributed by atoms with van der Waals surface area (Å²) < 4.78 is 21.1. The van der Waals surface area contributed by atoms with Gasteiger partial charge in [0.1, 0.15) is 0 Å². The lowest BCUT2D eigenvalue weighted by atomic mass is 10.1. The fourth-order valence-electron chi connectivity index (χ4n) is 1.70. The Labute approximate surface area is 105 Å². The molecule has 1 atom stereocenters. The predicted octanol–water partition coefficient (Wildman–Crippen LogP) is 2.63. The highest BCUT2D eigenvalue weighted by molar-refractivity contribution is 5.39. The largest absolute Gasteiger partial charge is 0.451 e. The zero-order valence-electron chi connectivity index (χ0n) is 10.6. The standard InChI is InChI=1S/C13H16FN3O/c1-9(15-2)11-5-4-6-12(14)13(11)18-10-7-16-17(3)8-10/h4-9,15H,1-3H3. The first kappa shape index (κ1) is 12.6. The molecule has 0 radical (unpaired) electrons. The molecule has 0 aliphatic heterocycles. The van der Waals surface area contributed by atoms with Crippen molar-refractivity contribution in [1.29, 1.82) is 0 Å². The highest BCUT2D eigenvalue weighted by Crippen LogP contribution is 2.31. The van der Waals surface area contributed by atoms with Gasteiger partial charge in [-0.05, 0) is 20.0 Å². The topological polar surface area (TPSA) is 39.1 Å². The van der Waals surface area contributed by atoms with Crippen LogP contribution in [0, 0.1) is 5.82 Å². The minimum Gasteiger partial charge on any atom is -0.451 e. The van der Waals surface area contributed by atoms with E-state index in [0.29, 0.717) is 5.75 Å². The number of benzene rings is 1. The summed E-state index contributed by atoms with van der Waals surface area (Å²) in [6.45, 7) is 1.95. The molecule has 2 rings (SSSR count). The van der Waals surface area contributed by atoms with Crippen molar-refractivity contribution in [3.8, 4) is 11.5 Å². The fraction of sp³-hybridized carbons (Fsp3) is 0.308. The molecule has 0 amide bonds. The number of hydrogen-bond acceptors (Lipinski definition) is 3. The molecule has 1 unspecified atom stereocenters. The zero-order chi connectivity index (χ0) is 13.1. The minimum atomic E-state index is -0.376. The second-order valence-electron chi connectivity index (χ2n) is 4.12. The molecule has 1 heterocycles. The van der Waals surface area contributed by atoms with Gasteiger partial charge < -0.3 is 10.1 Å². The molecule has 0 spiro atoms. The molecule has 0 aliphatic carbocycles. The molecule has 0 saturated heterocycles. The van der Waals surface area contributed by atoms with Gasteiger partial charge >= 0.3 is 0 Å². The third kappa shape index (κ3) is 2.51. The van der Waals surface area contributed by atoms with Crippen molar-refractivity contribution in [3.63, 3.8) is 0 Å². The van der Waals surface area contributed by atoms with Crippen molar-refractivity contribution in [3.05, 3.63) is 42.0 Å². The van der Waals surface area contributed by atoms with Gasteiger partial charge in [0.25, 0.3) is 0 Å². The number of ether oxygens (including phenoxy) is 1. The summed E-state index contributed by atoms with van der Waals surface area (Å²) >= 11 is 0. The molecule has 1 aromatic heterocycles. The second kappa shape index (κ2) is 5.18. The Kier molecular flexibility index (Phi) is 3.62. The van der Waals surface area contributed by atoms with Gasteiger partial charge in [0.15, 0.2) is 17.3 Å². The van der Waals surface area contributed by atoms with Crippen LogP contribution in [-0.4, -0.2) is 16.8 Å². The SMILES string of the molecule is CNC(C)c1cccc(F)c1Oc1cnn(C)c1. The third-order valence-electron chi connectivity index (χ3n) is 2.80. The molecule has 0 fully saturated rings. The molecular weight excluding hydrogens is 233 g/mol. The maximum atomic E-state index is 13.9.